The van der Waals surface area contributed by atoms with Gasteiger partial charge in [0.05, 0.1) is 13.2 Å². The average Bonchev–Trinajstić information content (AvgIpc) is 2.66. The second-order valence-corrected chi connectivity index (χ2v) is 7.37. The van der Waals surface area contributed by atoms with Crippen LogP contribution in [0, 0.1) is 6.92 Å². The Morgan fingerprint density at radius 3 is 2.67 bits per heavy atom. The van der Waals surface area contributed by atoms with Crippen LogP contribution in [-0.2, 0) is 4.79 Å². The highest BCUT2D eigenvalue weighted by Gasteiger charge is 2.16. The molecule has 27 heavy (non-hydrogen) atoms. The first-order valence-corrected chi connectivity index (χ1v) is 9.98. The van der Waals surface area contributed by atoms with E-state index in [0.29, 0.717) is 25.4 Å². The largest absolute Gasteiger partial charge is 0.496 e. The maximum absolute atomic E-state index is 12.2. The quantitative estimate of drug-likeness (QED) is 0.608. The number of aryl methyl sites for hydroxylation is 1. The van der Waals surface area contributed by atoms with Gasteiger partial charge in [0, 0.05) is 24.6 Å². The number of hydrogen-bond acceptors (Lipinski definition) is 3. The smallest absolute Gasteiger partial charge is 0.315 e. The molecular formula is C21H33N3O3. The normalized spacial score (nSPS) is 15.7. The van der Waals surface area contributed by atoms with Gasteiger partial charge < -0.3 is 20.7 Å². The van der Waals surface area contributed by atoms with Gasteiger partial charge >= 0.3 is 6.03 Å². The minimum Gasteiger partial charge on any atom is -0.496 e. The van der Waals surface area contributed by atoms with E-state index in [0.717, 1.165) is 29.7 Å². The van der Waals surface area contributed by atoms with Crippen molar-refractivity contribution in [1.29, 1.82) is 0 Å². The number of rotatable bonds is 8. The van der Waals surface area contributed by atoms with Crippen LogP contribution in [0.3, 0.4) is 0 Å². The molecule has 1 aromatic carbocycles. The van der Waals surface area contributed by atoms with Crippen LogP contribution in [0.15, 0.2) is 18.2 Å². The highest BCUT2D eigenvalue weighted by Crippen LogP contribution is 2.26. The second kappa shape index (κ2) is 10.8. The molecule has 0 aromatic heterocycles. The van der Waals surface area contributed by atoms with Crippen molar-refractivity contribution in [2.45, 2.75) is 70.9 Å². The molecule has 0 aliphatic heterocycles. The molecular weight excluding hydrogens is 342 g/mol. The lowest BCUT2D eigenvalue weighted by molar-refractivity contribution is -0.121. The van der Waals surface area contributed by atoms with Crippen LogP contribution in [-0.4, -0.2) is 31.6 Å². The molecule has 0 spiro atoms. The van der Waals surface area contributed by atoms with Crippen LogP contribution in [0.1, 0.15) is 69.0 Å². The van der Waals surface area contributed by atoms with Crippen LogP contribution in [0.4, 0.5) is 4.79 Å². The fraction of sp³-hybridized carbons (Fsp3) is 0.619. The van der Waals surface area contributed by atoms with Crippen molar-refractivity contribution in [3.63, 3.8) is 0 Å². The fourth-order valence-electron chi connectivity index (χ4n) is 3.52. The Morgan fingerprint density at radius 1 is 1.22 bits per heavy atom. The lowest BCUT2D eigenvalue weighted by atomic mass is 9.96. The molecule has 0 radical (unpaired) electrons. The monoisotopic (exact) mass is 375 g/mol. The lowest BCUT2D eigenvalue weighted by Gasteiger charge is -2.22. The minimum absolute atomic E-state index is 0.0273. The van der Waals surface area contributed by atoms with Crippen LogP contribution in [0.5, 0.6) is 5.75 Å². The van der Waals surface area contributed by atoms with Crippen molar-refractivity contribution in [2.75, 3.05) is 13.7 Å². The van der Waals surface area contributed by atoms with E-state index >= 15 is 0 Å². The third-order valence-electron chi connectivity index (χ3n) is 5.04. The lowest BCUT2D eigenvalue weighted by Crippen LogP contribution is -2.43. The van der Waals surface area contributed by atoms with Gasteiger partial charge in [-0.3, -0.25) is 4.79 Å². The molecule has 1 aliphatic rings. The maximum Gasteiger partial charge on any atom is 0.315 e. The molecule has 1 aliphatic carbocycles. The number of methoxy groups -OCH3 is 1. The number of nitrogens with one attached hydrogen (secondary N) is 3. The van der Waals surface area contributed by atoms with Crippen molar-refractivity contribution < 1.29 is 14.3 Å². The Balaban J connectivity index is 1.67. The van der Waals surface area contributed by atoms with E-state index in [1.807, 2.05) is 32.0 Å². The molecule has 1 saturated carbocycles. The number of carbonyl (C=O) groups excluding carboxylic acids is 2. The SMILES string of the molecule is COc1ccc(C)cc1C(C)NC(=O)CCCNC(=O)NC1CCCCC1. The summed E-state index contributed by atoms with van der Waals surface area (Å²) in [6, 6.07) is 5.98. The molecule has 6 heteroatoms. The number of carbonyl (C=O) groups is 2. The van der Waals surface area contributed by atoms with Crippen molar-refractivity contribution >= 4 is 11.9 Å². The molecule has 2 rings (SSSR count). The molecule has 6 nitrogen and oxygen atoms in total. The van der Waals surface area contributed by atoms with Gasteiger partial charge in [0.1, 0.15) is 5.75 Å². The Bertz CT molecular complexity index is 627. The number of urea groups is 1. The van der Waals surface area contributed by atoms with Gasteiger partial charge in [-0.15, -0.1) is 0 Å². The van der Waals surface area contributed by atoms with Gasteiger partial charge in [0.25, 0.3) is 0 Å². The number of hydrogen-bond donors (Lipinski definition) is 3. The van der Waals surface area contributed by atoms with E-state index in [4.69, 9.17) is 4.74 Å². The molecule has 3 amide bonds. The van der Waals surface area contributed by atoms with Gasteiger partial charge in [0.15, 0.2) is 0 Å². The predicted molar refractivity (Wildman–Crippen MR) is 107 cm³/mol. The Labute approximate surface area is 162 Å². The minimum atomic E-state index is -0.130. The molecule has 150 valence electrons. The first kappa shape index (κ1) is 21.1. The predicted octanol–water partition coefficient (Wildman–Crippen LogP) is 3.59. The first-order chi connectivity index (χ1) is 13.0. The van der Waals surface area contributed by atoms with Gasteiger partial charge in [0.2, 0.25) is 5.91 Å². The first-order valence-electron chi connectivity index (χ1n) is 9.98. The summed E-state index contributed by atoms with van der Waals surface area (Å²) in [5.74, 6) is 0.745. The van der Waals surface area contributed by atoms with E-state index in [1.54, 1.807) is 7.11 Å². The van der Waals surface area contributed by atoms with Crippen LogP contribution < -0.4 is 20.7 Å². The summed E-state index contributed by atoms with van der Waals surface area (Å²) in [5, 5.41) is 8.86. The summed E-state index contributed by atoms with van der Waals surface area (Å²) in [7, 11) is 1.63. The number of ether oxygens (including phenoxy) is 1. The van der Waals surface area contributed by atoms with Crippen molar-refractivity contribution in [2.24, 2.45) is 0 Å². The number of benzene rings is 1. The Kier molecular flexibility index (Phi) is 8.43. The van der Waals surface area contributed by atoms with E-state index in [9.17, 15) is 9.59 Å². The molecule has 0 bridgehead atoms. The van der Waals surface area contributed by atoms with Gasteiger partial charge in [-0.1, -0.05) is 37.0 Å². The Hall–Kier alpha value is -2.24. The van der Waals surface area contributed by atoms with Gasteiger partial charge in [-0.25, -0.2) is 4.79 Å². The average molecular weight is 376 g/mol. The molecule has 1 atom stereocenters. The highest BCUT2D eigenvalue weighted by molar-refractivity contribution is 5.77. The highest BCUT2D eigenvalue weighted by atomic mass is 16.5. The fourth-order valence-corrected chi connectivity index (χ4v) is 3.52. The van der Waals surface area contributed by atoms with E-state index in [-0.39, 0.29) is 18.0 Å². The van der Waals surface area contributed by atoms with Crippen molar-refractivity contribution in [1.82, 2.24) is 16.0 Å². The summed E-state index contributed by atoms with van der Waals surface area (Å²) in [5.41, 5.74) is 2.09. The van der Waals surface area contributed by atoms with Crippen LogP contribution in [0.2, 0.25) is 0 Å². The maximum atomic E-state index is 12.2. The third-order valence-corrected chi connectivity index (χ3v) is 5.04. The molecule has 3 N–H and O–H groups in total. The molecule has 1 fully saturated rings. The zero-order chi connectivity index (χ0) is 19.6. The van der Waals surface area contributed by atoms with Gasteiger partial charge in [-0.2, -0.15) is 0 Å². The standard InChI is InChI=1S/C21H33N3O3/c1-15-11-12-19(27-3)18(14-15)16(2)23-20(25)10-7-13-22-21(26)24-17-8-5-4-6-9-17/h11-12,14,16-17H,4-10,13H2,1-3H3,(H,23,25)(H2,22,24,26). The second-order valence-electron chi connectivity index (χ2n) is 7.37. The van der Waals surface area contributed by atoms with E-state index in [2.05, 4.69) is 16.0 Å². The zero-order valence-electron chi connectivity index (χ0n) is 16.8. The molecule has 0 saturated heterocycles. The van der Waals surface area contributed by atoms with E-state index < -0.39 is 0 Å². The summed E-state index contributed by atoms with van der Waals surface area (Å²) < 4.78 is 5.38. The van der Waals surface area contributed by atoms with Crippen molar-refractivity contribution in [3.05, 3.63) is 29.3 Å². The van der Waals surface area contributed by atoms with Gasteiger partial charge in [-0.05, 0) is 39.2 Å². The van der Waals surface area contributed by atoms with E-state index in [1.165, 1.54) is 19.3 Å². The Morgan fingerprint density at radius 2 is 1.96 bits per heavy atom. The third kappa shape index (κ3) is 7.12. The molecule has 1 unspecified atom stereocenters. The summed E-state index contributed by atoms with van der Waals surface area (Å²) in [6.07, 6.45) is 6.77. The summed E-state index contributed by atoms with van der Waals surface area (Å²) in [4.78, 5) is 24.1. The number of amides is 3. The molecule has 1 aromatic rings. The van der Waals surface area contributed by atoms with Crippen LogP contribution >= 0.6 is 0 Å². The zero-order valence-corrected chi connectivity index (χ0v) is 16.8. The topological polar surface area (TPSA) is 79.5 Å². The summed E-state index contributed by atoms with van der Waals surface area (Å²) >= 11 is 0. The summed E-state index contributed by atoms with van der Waals surface area (Å²) in [6.45, 7) is 4.46. The van der Waals surface area contributed by atoms with Crippen molar-refractivity contribution in [3.8, 4) is 5.75 Å². The van der Waals surface area contributed by atoms with Crippen LogP contribution in [0.25, 0.3) is 0 Å². The molecule has 0 heterocycles.